The van der Waals surface area contributed by atoms with Crippen molar-refractivity contribution in [1.82, 2.24) is 5.01 Å². The van der Waals surface area contributed by atoms with Gasteiger partial charge in [-0.3, -0.25) is 0 Å². The van der Waals surface area contributed by atoms with Crippen molar-refractivity contribution in [1.29, 1.82) is 0 Å². The van der Waals surface area contributed by atoms with Crippen molar-refractivity contribution in [2.45, 2.75) is 6.42 Å². The molecule has 0 spiro atoms. The standard InChI is InChI=1S/C4H6N2O/c5-6-2-1-4(6)3-7/h1-2,5H2. The van der Waals surface area contributed by atoms with Gasteiger partial charge >= 0.3 is 0 Å². The lowest BCUT2D eigenvalue weighted by Crippen LogP contribution is -2.40. The molecule has 0 aromatic heterocycles. The van der Waals surface area contributed by atoms with Crippen LogP contribution in [-0.2, 0) is 4.79 Å². The first kappa shape index (κ1) is 4.37. The van der Waals surface area contributed by atoms with Gasteiger partial charge in [0.25, 0.3) is 0 Å². The van der Waals surface area contributed by atoms with Crippen molar-refractivity contribution in [3.63, 3.8) is 0 Å². The normalized spacial score (nSPS) is 18.4. The Morgan fingerprint density at radius 2 is 2.57 bits per heavy atom. The summed E-state index contributed by atoms with van der Waals surface area (Å²) in [5, 5.41) is 1.40. The van der Waals surface area contributed by atoms with Crippen molar-refractivity contribution in [2.24, 2.45) is 5.84 Å². The summed E-state index contributed by atoms with van der Waals surface area (Å²) in [6.45, 7) is 0.796. The third-order valence-electron chi connectivity index (χ3n) is 1.05. The SMILES string of the molecule is NN1CCC1=C=O. The van der Waals surface area contributed by atoms with Crippen molar-refractivity contribution >= 4 is 5.94 Å². The minimum absolute atomic E-state index is 0.583. The lowest BCUT2D eigenvalue weighted by atomic mass is 10.2. The lowest BCUT2D eigenvalue weighted by molar-refractivity contribution is 0.268. The molecule has 1 heterocycles. The minimum Gasteiger partial charge on any atom is -0.304 e. The average Bonchev–Trinajstić information content (AvgIpc) is 1.65. The zero-order valence-corrected chi connectivity index (χ0v) is 3.85. The van der Waals surface area contributed by atoms with E-state index in [1.165, 1.54) is 5.01 Å². The van der Waals surface area contributed by atoms with Crippen LogP contribution in [0.15, 0.2) is 5.70 Å². The van der Waals surface area contributed by atoms with Gasteiger partial charge < -0.3 is 5.01 Å². The molecule has 0 unspecified atom stereocenters. The molecule has 1 aliphatic rings. The monoisotopic (exact) mass is 98.0 g/mol. The van der Waals surface area contributed by atoms with Crippen LogP contribution in [0.3, 0.4) is 0 Å². The van der Waals surface area contributed by atoms with Gasteiger partial charge in [-0.25, -0.2) is 10.6 Å². The van der Waals surface area contributed by atoms with Crippen molar-refractivity contribution in [2.75, 3.05) is 6.54 Å². The van der Waals surface area contributed by atoms with Crippen LogP contribution in [0.25, 0.3) is 0 Å². The van der Waals surface area contributed by atoms with Crippen LogP contribution in [0.1, 0.15) is 6.42 Å². The molecule has 3 nitrogen and oxygen atoms in total. The van der Waals surface area contributed by atoms with E-state index >= 15 is 0 Å². The van der Waals surface area contributed by atoms with E-state index in [9.17, 15) is 4.79 Å². The van der Waals surface area contributed by atoms with Gasteiger partial charge in [0.15, 0.2) is 0 Å². The highest BCUT2D eigenvalue weighted by atomic mass is 16.1. The van der Waals surface area contributed by atoms with Gasteiger partial charge in [0.05, 0.1) is 0 Å². The number of carbonyl (C=O) groups excluding carboxylic acids is 1. The fourth-order valence-electron chi connectivity index (χ4n) is 0.462. The molecule has 38 valence electrons. The van der Waals surface area contributed by atoms with Gasteiger partial charge in [-0.05, 0) is 0 Å². The van der Waals surface area contributed by atoms with Gasteiger partial charge in [-0.15, -0.1) is 0 Å². The van der Waals surface area contributed by atoms with Crippen molar-refractivity contribution < 1.29 is 4.79 Å². The summed E-state index contributed by atoms with van der Waals surface area (Å²) in [5.74, 6) is 6.89. The van der Waals surface area contributed by atoms with Gasteiger partial charge in [-0.2, -0.15) is 0 Å². The van der Waals surface area contributed by atoms with Gasteiger partial charge in [0.2, 0.25) is 0 Å². The molecule has 0 atom stereocenters. The highest BCUT2D eigenvalue weighted by Gasteiger charge is 2.15. The van der Waals surface area contributed by atoms with Crippen LogP contribution in [0.5, 0.6) is 0 Å². The maximum atomic E-state index is 9.71. The van der Waals surface area contributed by atoms with E-state index in [2.05, 4.69) is 0 Å². The first-order valence-electron chi connectivity index (χ1n) is 2.11. The molecule has 0 bridgehead atoms. The first-order valence-corrected chi connectivity index (χ1v) is 2.11. The molecular weight excluding hydrogens is 92.1 g/mol. The molecule has 1 fully saturated rings. The van der Waals surface area contributed by atoms with Gasteiger partial charge in [0.1, 0.15) is 11.6 Å². The van der Waals surface area contributed by atoms with Crippen LogP contribution in [-0.4, -0.2) is 17.5 Å². The number of rotatable bonds is 0. The van der Waals surface area contributed by atoms with Crippen LogP contribution in [0.2, 0.25) is 0 Å². The first-order chi connectivity index (χ1) is 3.34. The molecule has 7 heavy (non-hydrogen) atoms. The van der Waals surface area contributed by atoms with E-state index in [1.807, 2.05) is 0 Å². The Hall–Kier alpha value is -0.790. The Labute approximate surface area is 41.4 Å². The predicted molar refractivity (Wildman–Crippen MR) is 24.7 cm³/mol. The van der Waals surface area contributed by atoms with Gasteiger partial charge in [0, 0.05) is 13.0 Å². The second kappa shape index (κ2) is 1.37. The fourth-order valence-corrected chi connectivity index (χ4v) is 0.462. The molecule has 0 aromatic rings. The molecule has 1 rings (SSSR count). The van der Waals surface area contributed by atoms with E-state index in [1.54, 1.807) is 5.94 Å². The number of hydrogen-bond donors (Lipinski definition) is 1. The van der Waals surface area contributed by atoms with E-state index in [0.717, 1.165) is 13.0 Å². The van der Waals surface area contributed by atoms with Gasteiger partial charge in [-0.1, -0.05) is 0 Å². The Morgan fingerprint density at radius 1 is 1.86 bits per heavy atom. The Morgan fingerprint density at radius 3 is 2.57 bits per heavy atom. The number of hydrazine groups is 1. The largest absolute Gasteiger partial charge is 0.304 e. The van der Waals surface area contributed by atoms with Crippen molar-refractivity contribution in [3.05, 3.63) is 5.70 Å². The summed E-state index contributed by atoms with van der Waals surface area (Å²) < 4.78 is 0. The van der Waals surface area contributed by atoms with Crippen LogP contribution >= 0.6 is 0 Å². The van der Waals surface area contributed by atoms with E-state index < -0.39 is 0 Å². The molecule has 1 saturated heterocycles. The van der Waals surface area contributed by atoms with E-state index in [4.69, 9.17) is 5.84 Å². The molecule has 0 radical (unpaired) electrons. The average molecular weight is 98.1 g/mol. The van der Waals surface area contributed by atoms with E-state index in [0.29, 0.717) is 5.70 Å². The lowest BCUT2D eigenvalue weighted by Gasteiger charge is -2.27. The summed E-state index contributed by atoms with van der Waals surface area (Å²) in [6.07, 6.45) is 0.792. The molecule has 1 aliphatic heterocycles. The summed E-state index contributed by atoms with van der Waals surface area (Å²) in [5.41, 5.74) is 0.583. The number of hydrogen-bond acceptors (Lipinski definition) is 3. The molecule has 0 aromatic carbocycles. The second-order valence-corrected chi connectivity index (χ2v) is 1.49. The molecular formula is C4H6N2O. The topological polar surface area (TPSA) is 46.3 Å². The molecule has 2 N–H and O–H groups in total. The summed E-state index contributed by atoms with van der Waals surface area (Å²) >= 11 is 0. The van der Waals surface area contributed by atoms with Crippen molar-refractivity contribution in [3.8, 4) is 0 Å². The third kappa shape index (κ3) is 0.515. The maximum absolute atomic E-state index is 9.71. The smallest absolute Gasteiger partial charge is 0.147 e. The highest BCUT2D eigenvalue weighted by Crippen LogP contribution is 2.11. The molecule has 0 aliphatic carbocycles. The molecule has 3 heteroatoms. The zero-order chi connectivity index (χ0) is 5.28. The highest BCUT2D eigenvalue weighted by molar-refractivity contribution is 5.53. The molecule has 0 amide bonds. The van der Waals surface area contributed by atoms with Crippen LogP contribution in [0.4, 0.5) is 0 Å². The maximum Gasteiger partial charge on any atom is 0.147 e. The summed E-state index contributed by atoms with van der Waals surface area (Å²) in [7, 11) is 0. The minimum atomic E-state index is 0.583. The quantitative estimate of drug-likeness (QED) is 0.321. The van der Waals surface area contributed by atoms with E-state index in [-0.39, 0.29) is 0 Å². The summed E-state index contributed by atoms with van der Waals surface area (Å²) in [4.78, 5) is 9.71. The Balaban J connectivity index is 2.60. The molecule has 0 saturated carbocycles. The summed E-state index contributed by atoms with van der Waals surface area (Å²) in [6, 6.07) is 0. The Bertz CT molecular complexity index is 126. The Kier molecular flexibility index (Phi) is 0.855. The number of nitrogens with zero attached hydrogens (tertiary/aromatic N) is 1. The third-order valence-corrected chi connectivity index (χ3v) is 1.05. The van der Waals surface area contributed by atoms with Crippen LogP contribution < -0.4 is 5.84 Å². The fraction of sp³-hybridized carbons (Fsp3) is 0.500. The predicted octanol–water partition coefficient (Wildman–Crippen LogP) is -0.719. The number of nitrogens with two attached hydrogens (primary N) is 1. The van der Waals surface area contributed by atoms with Crippen LogP contribution in [0, 0.1) is 0 Å². The second-order valence-electron chi connectivity index (χ2n) is 1.49. The zero-order valence-electron chi connectivity index (χ0n) is 3.85.